The van der Waals surface area contributed by atoms with Crippen molar-refractivity contribution in [2.45, 2.75) is 6.42 Å². The molecule has 2 aromatic carbocycles. The zero-order valence-corrected chi connectivity index (χ0v) is 17.8. The Morgan fingerprint density at radius 2 is 0.970 bits per heavy atom. The van der Waals surface area contributed by atoms with Crippen LogP contribution in [0.5, 0.6) is 11.5 Å². The maximum atomic E-state index is 5.90. The van der Waals surface area contributed by atoms with Crippen LogP contribution < -0.4 is 9.47 Å². The van der Waals surface area contributed by atoms with E-state index >= 15 is 0 Å². The Balaban J connectivity index is 1.08. The molecular weight excluding hydrogens is 412 g/mol. The van der Waals surface area contributed by atoms with E-state index in [0.29, 0.717) is 13.2 Å². The van der Waals surface area contributed by atoms with Crippen LogP contribution in [0.2, 0.25) is 0 Å². The van der Waals surface area contributed by atoms with Crippen LogP contribution >= 0.6 is 0 Å². The highest BCUT2D eigenvalue weighted by molar-refractivity contribution is 6.03. The second-order valence-electron chi connectivity index (χ2n) is 7.82. The monoisotopic (exact) mass is 432 g/mol. The van der Waals surface area contributed by atoms with Crippen LogP contribution in [0.15, 0.2) is 85.5 Å². The Bertz CT molecular complexity index is 1500. The molecule has 4 aromatic heterocycles. The van der Waals surface area contributed by atoms with Gasteiger partial charge in [-0.3, -0.25) is 19.9 Å². The van der Waals surface area contributed by atoms with Gasteiger partial charge >= 0.3 is 0 Å². The zero-order valence-electron chi connectivity index (χ0n) is 17.8. The Morgan fingerprint density at radius 3 is 1.48 bits per heavy atom. The molecule has 33 heavy (non-hydrogen) atoms. The first-order valence-electron chi connectivity index (χ1n) is 10.9. The molecule has 6 rings (SSSR count). The highest BCUT2D eigenvalue weighted by Gasteiger charge is 2.06. The van der Waals surface area contributed by atoms with E-state index in [1.165, 1.54) is 0 Å². The fraction of sp³-hybridized carbons (Fsp3) is 0.111. The van der Waals surface area contributed by atoms with Crippen LogP contribution in [-0.4, -0.2) is 33.1 Å². The maximum Gasteiger partial charge on any atom is 0.138 e. The molecular formula is C27H20N4O2. The number of aromatic nitrogens is 4. The summed E-state index contributed by atoms with van der Waals surface area (Å²) < 4.78 is 11.8. The predicted molar refractivity (Wildman–Crippen MR) is 130 cm³/mol. The van der Waals surface area contributed by atoms with E-state index in [0.717, 1.165) is 61.5 Å². The third-order valence-electron chi connectivity index (χ3n) is 5.62. The fourth-order valence-corrected chi connectivity index (χ4v) is 4.03. The zero-order chi connectivity index (χ0) is 22.0. The van der Waals surface area contributed by atoms with Gasteiger partial charge in [0.05, 0.1) is 47.7 Å². The smallest absolute Gasteiger partial charge is 0.138 e. The van der Waals surface area contributed by atoms with Crippen molar-refractivity contribution in [1.29, 1.82) is 0 Å². The van der Waals surface area contributed by atoms with E-state index in [2.05, 4.69) is 32.1 Å². The molecule has 0 radical (unpaired) electrons. The van der Waals surface area contributed by atoms with Crippen LogP contribution in [0.1, 0.15) is 6.42 Å². The van der Waals surface area contributed by atoms with Crippen LogP contribution in [0, 0.1) is 0 Å². The number of nitrogens with zero attached hydrogens (tertiary/aromatic N) is 4. The third-order valence-corrected chi connectivity index (χ3v) is 5.62. The summed E-state index contributed by atoms with van der Waals surface area (Å²) in [5, 5.41) is 4.19. The molecule has 0 N–H and O–H groups in total. The lowest BCUT2D eigenvalue weighted by molar-refractivity contribution is 0.247. The lowest BCUT2D eigenvalue weighted by atomic mass is 10.1. The Hall–Kier alpha value is -4.32. The van der Waals surface area contributed by atoms with Crippen molar-refractivity contribution >= 4 is 43.6 Å². The van der Waals surface area contributed by atoms with Gasteiger partial charge in [-0.1, -0.05) is 36.4 Å². The number of rotatable bonds is 6. The summed E-state index contributed by atoms with van der Waals surface area (Å²) in [6.45, 7) is 1.07. The maximum absolute atomic E-state index is 5.90. The molecule has 0 atom stereocenters. The average Bonchev–Trinajstić information content (AvgIpc) is 2.88. The molecule has 0 amide bonds. The molecule has 0 fully saturated rings. The highest BCUT2D eigenvalue weighted by Crippen LogP contribution is 2.26. The minimum atomic E-state index is 0.536. The summed E-state index contributed by atoms with van der Waals surface area (Å²) in [6.07, 6.45) is 7.83. The lowest BCUT2D eigenvalue weighted by Gasteiger charge is -2.10. The topological polar surface area (TPSA) is 70.0 Å². The number of hydrogen-bond donors (Lipinski definition) is 0. The molecule has 0 saturated heterocycles. The molecule has 6 nitrogen and oxygen atoms in total. The lowest BCUT2D eigenvalue weighted by Crippen LogP contribution is -2.05. The fourth-order valence-electron chi connectivity index (χ4n) is 4.03. The Morgan fingerprint density at radius 1 is 0.515 bits per heavy atom. The van der Waals surface area contributed by atoms with Crippen molar-refractivity contribution in [2.75, 3.05) is 13.2 Å². The Labute approximate surface area is 189 Å². The van der Waals surface area contributed by atoms with Crippen molar-refractivity contribution in [2.24, 2.45) is 0 Å². The molecule has 0 aliphatic carbocycles. The SMILES string of the molecule is c1cnc2c(c1)ccc1cc(OCCCOc3cnc4c(ccc5cccnc54)c3)cnc12. The van der Waals surface area contributed by atoms with Gasteiger partial charge in [-0.2, -0.15) is 0 Å². The normalized spacial score (nSPS) is 11.4. The van der Waals surface area contributed by atoms with Gasteiger partial charge in [0.1, 0.15) is 11.5 Å². The minimum absolute atomic E-state index is 0.536. The van der Waals surface area contributed by atoms with Gasteiger partial charge in [0.25, 0.3) is 0 Å². The van der Waals surface area contributed by atoms with Gasteiger partial charge in [-0.25, -0.2) is 0 Å². The summed E-state index contributed by atoms with van der Waals surface area (Å²) in [4.78, 5) is 18.1. The molecule has 4 heterocycles. The van der Waals surface area contributed by atoms with E-state index in [4.69, 9.17) is 9.47 Å². The van der Waals surface area contributed by atoms with Crippen molar-refractivity contribution < 1.29 is 9.47 Å². The van der Waals surface area contributed by atoms with E-state index in [9.17, 15) is 0 Å². The quantitative estimate of drug-likeness (QED) is 0.247. The number of pyridine rings is 4. The second kappa shape index (κ2) is 8.31. The van der Waals surface area contributed by atoms with E-state index in [1.54, 1.807) is 24.8 Å². The first-order valence-corrected chi connectivity index (χ1v) is 10.9. The summed E-state index contributed by atoms with van der Waals surface area (Å²) in [6, 6.07) is 20.2. The van der Waals surface area contributed by atoms with Gasteiger partial charge in [-0.05, 0) is 24.3 Å². The van der Waals surface area contributed by atoms with Gasteiger partial charge in [0.15, 0.2) is 0 Å². The standard InChI is InChI=1S/C27H20N4O2/c1-4-18-6-8-20-14-22(16-30-26(20)24(18)28-10-1)32-12-3-13-33-23-15-21-9-7-19-5-2-11-29-25(19)27(21)31-17-23/h1-2,4-11,14-17H,3,12-13H2. The van der Waals surface area contributed by atoms with Crippen LogP contribution in [0.25, 0.3) is 43.6 Å². The molecule has 6 heteroatoms. The number of ether oxygens (including phenoxy) is 2. The van der Waals surface area contributed by atoms with E-state index in [-0.39, 0.29) is 0 Å². The highest BCUT2D eigenvalue weighted by atomic mass is 16.5. The van der Waals surface area contributed by atoms with E-state index < -0.39 is 0 Å². The molecule has 0 spiro atoms. The molecule has 0 bridgehead atoms. The number of benzene rings is 2. The summed E-state index contributed by atoms with van der Waals surface area (Å²) >= 11 is 0. The van der Waals surface area contributed by atoms with Gasteiger partial charge in [0.2, 0.25) is 0 Å². The van der Waals surface area contributed by atoms with Gasteiger partial charge < -0.3 is 9.47 Å². The van der Waals surface area contributed by atoms with Crippen molar-refractivity contribution in [1.82, 2.24) is 19.9 Å². The minimum Gasteiger partial charge on any atom is -0.492 e. The number of fused-ring (bicyclic) bond motifs is 6. The molecule has 0 aliphatic rings. The van der Waals surface area contributed by atoms with Crippen molar-refractivity contribution in [3.05, 3.63) is 85.5 Å². The summed E-state index contributed by atoms with van der Waals surface area (Å²) in [5.41, 5.74) is 3.58. The summed E-state index contributed by atoms with van der Waals surface area (Å²) in [5.74, 6) is 1.48. The molecule has 160 valence electrons. The van der Waals surface area contributed by atoms with Gasteiger partial charge in [-0.15, -0.1) is 0 Å². The van der Waals surface area contributed by atoms with Crippen LogP contribution in [-0.2, 0) is 0 Å². The largest absolute Gasteiger partial charge is 0.492 e. The summed E-state index contributed by atoms with van der Waals surface area (Å²) in [7, 11) is 0. The van der Waals surface area contributed by atoms with Crippen molar-refractivity contribution in [3.8, 4) is 11.5 Å². The third kappa shape index (κ3) is 3.76. The predicted octanol–water partition coefficient (Wildman–Crippen LogP) is 5.73. The van der Waals surface area contributed by atoms with E-state index in [1.807, 2.05) is 48.5 Å². The first-order chi connectivity index (χ1) is 16.3. The number of hydrogen-bond acceptors (Lipinski definition) is 6. The Kier molecular flexibility index (Phi) is 4.88. The molecule has 6 aromatic rings. The van der Waals surface area contributed by atoms with Gasteiger partial charge in [0, 0.05) is 40.4 Å². The second-order valence-corrected chi connectivity index (χ2v) is 7.82. The van der Waals surface area contributed by atoms with Crippen molar-refractivity contribution in [3.63, 3.8) is 0 Å². The molecule has 0 unspecified atom stereocenters. The molecule has 0 saturated carbocycles. The van der Waals surface area contributed by atoms with Crippen LogP contribution in [0.4, 0.5) is 0 Å². The van der Waals surface area contributed by atoms with Crippen LogP contribution in [0.3, 0.4) is 0 Å². The first kappa shape index (κ1) is 19.4. The average molecular weight is 432 g/mol. The molecule has 0 aliphatic heterocycles.